The van der Waals surface area contributed by atoms with Gasteiger partial charge in [0.25, 0.3) is 0 Å². The van der Waals surface area contributed by atoms with Crippen LogP contribution in [-0.2, 0) is 10.2 Å². The van der Waals surface area contributed by atoms with Crippen LogP contribution in [-0.4, -0.2) is 11.4 Å². The van der Waals surface area contributed by atoms with Gasteiger partial charge in [-0.2, -0.15) is 5.26 Å². The van der Waals surface area contributed by atoms with Gasteiger partial charge in [-0.25, -0.2) is 4.79 Å². The highest BCUT2D eigenvalue weighted by molar-refractivity contribution is 6.16. The van der Waals surface area contributed by atoms with Crippen molar-refractivity contribution in [3.8, 4) is 11.8 Å². The van der Waals surface area contributed by atoms with Gasteiger partial charge in [0, 0.05) is 11.1 Å². The predicted molar refractivity (Wildman–Crippen MR) is 126 cm³/mol. The van der Waals surface area contributed by atoms with Crippen molar-refractivity contribution in [2.75, 3.05) is 4.90 Å². The minimum absolute atomic E-state index is 0.00704. The SMILES string of the molecule is Cc1cc2c3c(c1)[C@]1(C(=O)N3C(C)(C)C[C@@H]2C)C(C#N)=C(N)Oc2c1c(=O)oc1ccccc21. The summed E-state index contributed by atoms with van der Waals surface area (Å²) in [7, 11) is 0. The number of carbonyl (C=O) groups is 1. The lowest BCUT2D eigenvalue weighted by Gasteiger charge is -2.44. The predicted octanol–water partition coefficient (Wildman–Crippen LogP) is 4.11. The summed E-state index contributed by atoms with van der Waals surface area (Å²) in [6.07, 6.45) is 0.738. The van der Waals surface area contributed by atoms with Gasteiger partial charge in [-0.1, -0.05) is 36.8 Å². The van der Waals surface area contributed by atoms with Gasteiger partial charge in [-0.05, 0) is 50.8 Å². The molecule has 0 saturated carbocycles. The monoisotopic (exact) mass is 453 g/mol. The number of ether oxygens (including phenoxy) is 1. The van der Waals surface area contributed by atoms with Crippen LogP contribution in [0.25, 0.3) is 11.0 Å². The molecule has 6 rings (SSSR count). The van der Waals surface area contributed by atoms with E-state index in [-0.39, 0.29) is 34.6 Å². The van der Waals surface area contributed by atoms with Crippen LogP contribution in [0, 0.1) is 18.3 Å². The fourth-order valence-corrected chi connectivity index (χ4v) is 6.27. The van der Waals surface area contributed by atoms with Crippen molar-refractivity contribution >= 4 is 22.6 Å². The second-order valence-corrected chi connectivity index (χ2v) is 10.1. The summed E-state index contributed by atoms with van der Waals surface area (Å²) >= 11 is 0. The fourth-order valence-electron chi connectivity index (χ4n) is 6.27. The third kappa shape index (κ3) is 2.21. The van der Waals surface area contributed by atoms with E-state index in [2.05, 4.69) is 19.1 Å². The number of nitriles is 1. The number of hydrogen-bond donors (Lipinski definition) is 1. The molecule has 170 valence electrons. The van der Waals surface area contributed by atoms with Crippen LogP contribution in [0.15, 0.2) is 57.1 Å². The Morgan fingerprint density at radius 3 is 2.68 bits per heavy atom. The van der Waals surface area contributed by atoms with Crippen LogP contribution in [0.3, 0.4) is 0 Å². The number of benzene rings is 2. The van der Waals surface area contributed by atoms with Crippen LogP contribution in [0.2, 0.25) is 0 Å². The summed E-state index contributed by atoms with van der Waals surface area (Å²) in [5, 5.41) is 10.8. The van der Waals surface area contributed by atoms with E-state index in [4.69, 9.17) is 14.9 Å². The lowest BCUT2D eigenvalue weighted by Crippen LogP contribution is -2.55. The van der Waals surface area contributed by atoms with E-state index < -0.39 is 16.6 Å². The standard InChI is InChI=1S/C27H23N3O4/c1-13-9-16-14(2)11-26(3,4)30-21(16)17(10-13)27(25(30)32)18(12-28)23(29)34-22-15-7-5-6-8-19(15)33-24(31)20(22)27/h5-10,14H,11,29H2,1-4H3/t14-,27-/m0/s1. The Hall–Kier alpha value is -4.05. The summed E-state index contributed by atoms with van der Waals surface area (Å²) < 4.78 is 11.6. The molecule has 1 aromatic heterocycles. The Morgan fingerprint density at radius 1 is 1.21 bits per heavy atom. The van der Waals surface area contributed by atoms with Crippen molar-refractivity contribution in [1.29, 1.82) is 5.26 Å². The van der Waals surface area contributed by atoms with Crippen LogP contribution in [0.1, 0.15) is 55.4 Å². The lowest BCUT2D eigenvalue weighted by atomic mass is 9.68. The first-order valence-corrected chi connectivity index (χ1v) is 11.3. The summed E-state index contributed by atoms with van der Waals surface area (Å²) in [6.45, 7) is 8.11. The highest BCUT2D eigenvalue weighted by Crippen LogP contribution is 2.60. The Bertz CT molecular complexity index is 1590. The molecule has 2 aromatic carbocycles. The second-order valence-electron chi connectivity index (χ2n) is 10.1. The maximum absolute atomic E-state index is 14.6. The molecule has 3 aliphatic heterocycles. The summed E-state index contributed by atoms with van der Waals surface area (Å²) in [6, 6.07) is 13.0. The van der Waals surface area contributed by atoms with E-state index in [9.17, 15) is 14.9 Å². The molecular weight excluding hydrogens is 430 g/mol. The zero-order valence-electron chi connectivity index (χ0n) is 19.4. The normalized spacial score (nSPS) is 24.1. The first-order chi connectivity index (χ1) is 16.1. The number of anilines is 1. The molecule has 0 saturated heterocycles. The van der Waals surface area contributed by atoms with Crippen LogP contribution in [0.5, 0.6) is 5.75 Å². The maximum Gasteiger partial charge on any atom is 0.345 e. The van der Waals surface area contributed by atoms with Crippen molar-refractivity contribution in [3.63, 3.8) is 0 Å². The van der Waals surface area contributed by atoms with E-state index in [1.165, 1.54) is 0 Å². The molecule has 7 heteroatoms. The molecule has 4 heterocycles. The zero-order valence-corrected chi connectivity index (χ0v) is 19.4. The number of para-hydroxylation sites is 1. The fraction of sp³-hybridized carbons (Fsp3) is 0.296. The average molecular weight is 453 g/mol. The summed E-state index contributed by atoms with van der Waals surface area (Å²) in [5.74, 6) is -0.211. The number of fused-ring (bicyclic) bond motifs is 5. The lowest BCUT2D eigenvalue weighted by molar-refractivity contribution is -0.122. The van der Waals surface area contributed by atoms with Gasteiger partial charge >= 0.3 is 5.63 Å². The quantitative estimate of drug-likeness (QED) is 0.513. The highest BCUT2D eigenvalue weighted by atomic mass is 16.5. The van der Waals surface area contributed by atoms with Gasteiger partial charge < -0.3 is 19.8 Å². The second kappa shape index (κ2) is 6.29. The van der Waals surface area contributed by atoms with Gasteiger partial charge in [0.1, 0.15) is 22.8 Å². The van der Waals surface area contributed by atoms with E-state index >= 15 is 0 Å². The number of carbonyl (C=O) groups excluding carboxylic acids is 1. The van der Waals surface area contributed by atoms with E-state index in [0.717, 1.165) is 23.2 Å². The molecule has 2 N–H and O–H groups in total. The molecule has 0 radical (unpaired) electrons. The number of hydrogen-bond acceptors (Lipinski definition) is 6. The minimum atomic E-state index is -1.74. The zero-order chi connectivity index (χ0) is 24.2. The van der Waals surface area contributed by atoms with Crippen LogP contribution >= 0.6 is 0 Å². The summed E-state index contributed by atoms with van der Waals surface area (Å²) in [4.78, 5) is 29.9. The Morgan fingerprint density at radius 2 is 1.94 bits per heavy atom. The van der Waals surface area contributed by atoms with Crippen LogP contribution < -0.4 is 21.0 Å². The molecular formula is C27H23N3O4. The van der Waals surface area contributed by atoms with E-state index in [0.29, 0.717) is 16.5 Å². The third-order valence-electron chi connectivity index (χ3n) is 7.46. The topological polar surface area (TPSA) is 110 Å². The van der Waals surface area contributed by atoms with Gasteiger partial charge in [-0.3, -0.25) is 4.79 Å². The number of nitrogens with two attached hydrogens (primary N) is 1. The molecule has 3 aliphatic rings. The molecule has 2 atom stereocenters. The number of nitrogens with zero attached hydrogens (tertiary/aromatic N) is 2. The highest BCUT2D eigenvalue weighted by Gasteiger charge is 2.64. The molecule has 7 nitrogen and oxygen atoms in total. The molecule has 1 spiro atoms. The van der Waals surface area contributed by atoms with Gasteiger partial charge in [0.05, 0.1) is 11.1 Å². The smallest absolute Gasteiger partial charge is 0.345 e. The van der Waals surface area contributed by atoms with Crippen molar-refractivity contribution in [1.82, 2.24) is 0 Å². The van der Waals surface area contributed by atoms with Crippen LogP contribution in [0.4, 0.5) is 5.69 Å². The molecule has 3 aromatic rings. The van der Waals surface area contributed by atoms with Crippen molar-refractivity contribution in [2.24, 2.45) is 5.73 Å². The summed E-state index contributed by atoms with van der Waals surface area (Å²) in [5.41, 5.74) is 6.85. The molecule has 0 unspecified atom stereocenters. The molecule has 0 fully saturated rings. The van der Waals surface area contributed by atoms with Crippen molar-refractivity contribution < 1.29 is 13.9 Å². The molecule has 0 aliphatic carbocycles. The first-order valence-electron chi connectivity index (χ1n) is 11.3. The number of aryl methyl sites for hydroxylation is 1. The molecule has 34 heavy (non-hydrogen) atoms. The maximum atomic E-state index is 14.6. The minimum Gasteiger partial charge on any atom is -0.439 e. The van der Waals surface area contributed by atoms with Gasteiger partial charge in [0.15, 0.2) is 11.2 Å². The van der Waals surface area contributed by atoms with Gasteiger partial charge in [-0.15, -0.1) is 0 Å². The Labute approximate surface area is 196 Å². The van der Waals surface area contributed by atoms with E-state index in [1.54, 1.807) is 29.2 Å². The largest absolute Gasteiger partial charge is 0.439 e. The van der Waals surface area contributed by atoms with E-state index in [1.807, 2.05) is 26.8 Å². The molecule has 1 amide bonds. The van der Waals surface area contributed by atoms with Crippen molar-refractivity contribution in [2.45, 2.75) is 51.0 Å². The van der Waals surface area contributed by atoms with Crippen molar-refractivity contribution in [3.05, 3.63) is 80.5 Å². The van der Waals surface area contributed by atoms with Gasteiger partial charge in [0.2, 0.25) is 11.8 Å². The number of rotatable bonds is 0. The average Bonchev–Trinajstić information content (AvgIpc) is 3.02. The number of amides is 1. The third-order valence-corrected chi connectivity index (χ3v) is 7.46. The Balaban J connectivity index is 1.86. The first kappa shape index (κ1) is 20.5. The Kier molecular flexibility index (Phi) is 3.80. The molecule has 0 bridgehead atoms.